The summed E-state index contributed by atoms with van der Waals surface area (Å²) < 4.78 is 5.05. The first kappa shape index (κ1) is 13.3. The molecule has 0 saturated carbocycles. The van der Waals surface area contributed by atoms with Crippen molar-refractivity contribution < 1.29 is 19.4 Å². The quantitative estimate of drug-likeness (QED) is 0.673. The summed E-state index contributed by atoms with van der Waals surface area (Å²) >= 11 is 1.25. The van der Waals surface area contributed by atoms with Crippen LogP contribution in [0.5, 0.6) is 5.06 Å². The first-order valence-electron chi connectivity index (χ1n) is 5.69. The number of benzene rings is 1. The van der Waals surface area contributed by atoms with Crippen LogP contribution in [0.2, 0.25) is 0 Å². The molecule has 4 nitrogen and oxygen atoms in total. The van der Waals surface area contributed by atoms with Crippen molar-refractivity contribution in [3.8, 4) is 5.06 Å². The lowest BCUT2D eigenvalue weighted by Crippen LogP contribution is -2.29. The molecular weight excluding hydrogens is 264 g/mol. The highest BCUT2D eigenvalue weighted by atomic mass is 32.1. The fraction of sp³-hybridized carbons (Fsp3) is 0.143. The fourth-order valence-electron chi connectivity index (χ4n) is 1.61. The van der Waals surface area contributed by atoms with E-state index in [1.165, 1.54) is 11.3 Å². The molecule has 0 radical (unpaired) electrons. The van der Waals surface area contributed by atoms with Gasteiger partial charge in [-0.25, -0.2) is 0 Å². The zero-order chi connectivity index (χ0) is 13.7. The number of carbonyl (C=O) groups is 2. The summed E-state index contributed by atoms with van der Waals surface area (Å²) in [4.78, 5) is 23.0. The van der Waals surface area contributed by atoms with Crippen LogP contribution in [0.25, 0.3) is 0 Å². The van der Waals surface area contributed by atoms with Crippen molar-refractivity contribution in [2.75, 3.05) is 0 Å². The molecule has 2 aromatic rings. The number of carbonyl (C=O) groups excluding carboxylic acids is 1. The van der Waals surface area contributed by atoms with Gasteiger partial charge in [-0.2, -0.15) is 0 Å². The molecule has 1 heterocycles. The van der Waals surface area contributed by atoms with Crippen molar-refractivity contribution in [3.05, 3.63) is 53.4 Å². The maximum absolute atomic E-state index is 11.9. The van der Waals surface area contributed by atoms with Crippen LogP contribution in [0.1, 0.15) is 5.56 Å². The Morgan fingerprint density at radius 3 is 2.47 bits per heavy atom. The Morgan fingerprint density at radius 2 is 1.89 bits per heavy atom. The molecule has 0 aliphatic heterocycles. The van der Waals surface area contributed by atoms with Crippen molar-refractivity contribution in [2.24, 2.45) is 5.92 Å². The average Bonchev–Trinajstić information content (AvgIpc) is 2.89. The Kier molecular flexibility index (Phi) is 4.30. The van der Waals surface area contributed by atoms with Gasteiger partial charge in [0.2, 0.25) is 0 Å². The number of hydrogen-bond acceptors (Lipinski definition) is 4. The molecule has 0 bridgehead atoms. The van der Waals surface area contributed by atoms with E-state index < -0.39 is 17.9 Å². The van der Waals surface area contributed by atoms with Gasteiger partial charge in [0.25, 0.3) is 0 Å². The zero-order valence-electron chi connectivity index (χ0n) is 9.98. The summed E-state index contributed by atoms with van der Waals surface area (Å²) in [7, 11) is 0. The molecule has 0 spiro atoms. The van der Waals surface area contributed by atoms with Crippen LogP contribution in [0, 0.1) is 5.92 Å². The number of ether oxygens (including phenoxy) is 1. The summed E-state index contributed by atoms with van der Waals surface area (Å²) in [5, 5.41) is 11.3. The smallest absolute Gasteiger partial charge is 0.326 e. The molecule has 0 fully saturated rings. The molecule has 5 heteroatoms. The van der Waals surface area contributed by atoms with Crippen LogP contribution in [-0.2, 0) is 16.0 Å². The summed E-state index contributed by atoms with van der Waals surface area (Å²) in [6, 6.07) is 12.4. The number of carboxylic acid groups (broad SMARTS) is 1. The van der Waals surface area contributed by atoms with Crippen LogP contribution in [0.15, 0.2) is 47.8 Å². The second-order valence-electron chi connectivity index (χ2n) is 3.93. The Hall–Kier alpha value is -2.14. The number of carboxylic acids is 1. The summed E-state index contributed by atoms with van der Waals surface area (Å²) in [6.07, 6.45) is 0.125. The average molecular weight is 276 g/mol. The highest BCUT2D eigenvalue weighted by molar-refractivity contribution is 7.11. The zero-order valence-corrected chi connectivity index (χ0v) is 10.8. The van der Waals surface area contributed by atoms with E-state index in [0.717, 1.165) is 5.56 Å². The van der Waals surface area contributed by atoms with Gasteiger partial charge < -0.3 is 9.84 Å². The van der Waals surface area contributed by atoms with Crippen LogP contribution < -0.4 is 4.74 Å². The molecule has 1 aromatic carbocycles. The molecule has 0 aliphatic carbocycles. The minimum atomic E-state index is -1.19. The molecule has 2 rings (SSSR count). The second-order valence-corrected chi connectivity index (χ2v) is 4.84. The largest absolute Gasteiger partial charge is 0.481 e. The third kappa shape index (κ3) is 3.66. The van der Waals surface area contributed by atoms with Crippen molar-refractivity contribution in [3.63, 3.8) is 0 Å². The molecule has 0 aliphatic rings. The molecular formula is C14H12O4S. The standard InChI is InChI=1S/C14H12O4S/c15-13(16)11(9-10-5-2-1-3-6-10)14(17)18-12-7-4-8-19-12/h1-8,11H,9H2,(H,15,16). The fourth-order valence-corrected chi connectivity index (χ4v) is 2.19. The van der Waals surface area contributed by atoms with Crippen molar-refractivity contribution in [1.29, 1.82) is 0 Å². The first-order chi connectivity index (χ1) is 9.16. The number of hydrogen-bond donors (Lipinski definition) is 1. The van der Waals surface area contributed by atoms with E-state index >= 15 is 0 Å². The molecule has 0 amide bonds. The number of thiophene rings is 1. The third-order valence-corrected chi connectivity index (χ3v) is 3.31. The van der Waals surface area contributed by atoms with E-state index in [-0.39, 0.29) is 6.42 Å². The van der Waals surface area contributed by atoms with Crippen LogP contribution in [0.4, 0.5) is 0 Å². The SMILES string of the molecule is O=C(O)C(Cc1ccccc1)C(=O)Oc1cccs1. The van der Waals surface area contributed by atoms with Gasteiger partial charge in [-0.1, -0.05) is 30.3 Å². The van der Waals surface area contributed by atoms with Crippen LogP contribution in [0.3, 0.4) is 0 Å². The number of aliphatic carboxylic acids is 1. The molecule has 1 aromatic heterocycles. The Labute approximate surface area is 114 Å². The van der Waals surface area contributed by atoms with E-state index in [0.29, 0.717) is 5.06 Å². The van der Waals surface area contributed by atoms with Crippen molar-refractivity contribution >= 4 is 23.3 Å². The van der Waals surface area contributed by atoms with Gasteiger partial charge in [0.15, 0.2) is 11.0 Å². The topological polar surface area (TPSA) is 63.6 Å². The van der Waals surface area contributed by atoms with Crippen LogP contribution in [-0.4, -0.2) is 17.0 Å². The van der Waals surface area contributed by atoms with E-state index in [1.54, 1.807) is 41.8 Å². The van der Waals surface area contributed by atoms with E-state index in [2.05, 4.69) is 0 Å². The Balaban J connectivity index is 2.07. The lowest BCUT2D eigenvalue weighted by molar-refractivity contribution is -0.152. The summed E-state index contributed by atoms with van der Waals surface area (Å²) in [5.41, 5.74) is 0.790. The highest BCUT2D eigenvalue weighted by Gasteiger charge is 2.28. The molecule has 1 N–H and O–H groups in total. The molecule has 0 saturated heterocycles. The Bertz CT molecular complexity index is 548. The van der Waals surface area contributed by atoms with Gasteiger partial charge in [-0.3, -0.25) is 9.59 Å². The lowest BCUT2D eigenvalue weighted by Gasteiger charge is -2.10. The predicted molar refractivity (Wildman–Crippen MR) is 71.2 cm³/mol. The third-order valence-electron chi connectivity index (χ3n) is 2.56. The predicted octanol–water partition coefficient (Wildman–Crippen LogP) is 2.60. The van der Waals surface area contributed by atoms with E-state index in [4.69, 9.17) is 9.84 Å². The molecule has 19 heavy (non-hydrogen) atoms. The van der Waals surface area contributed by atoms with Gasteiger partial charge >= 0.3 is 11.9 Å². The number of rotatable bonds is 5. The van der Waals surface area contributed by atoms with E-state index in [9.17, 15) is 9.59 Å². The summed E-state index contributed by atoms with van der Waals surface area (Å²) in [6.45, 7) is 0. The van der Waals surface area contributed by atoms with Gasteiger partial charge in [-0.05, 0) is 29.5 Å². The molecule has 1 atom stereocenters. The van der Waals surface area contributed by atoms with Gasteiger partial charge in [0.05, 0.1) is 0 Å². The van der Waals surface area contributed by atoms with Gasteiger partial charge in [0, 0.05) is 0 Å². The maximum Gasteiger partial charge on any atom is 0.326 e. The lowest BCUT2D eigenvalue weighted by atomic mass is 10.00. The molecule has 1 unspecified atom stereocenters. The summed E-state index contributed by atoms with van der Waals surface area (Å²) in [5.74, 6) is -3.10. The molecule has 98 valence electrons. The monoisotopic (exact) mass is 276 g/mol. The minimum absolute atomic E-state index is 0.125. The van der Waals surface area contributed by atoms with Crippen molar-refractivity contribution in [1.82, 2.24) is 0 Å². The maximum atomic E-state index is 11.9. The van der Waals surface area contributed by atoms with Gasteiger partial charge in [0.1, 0.15) is 0 Å². The highest BCUT2D eigenvalue weighted by Crippen LogP contribution is 2.20. The van der Waals surface area contributed by atoms with Crippen molar-refractivity contribution in [2.45, 2.75) is 6.42 Å². The Morgan fingerprint density at radius 1 is 1.16 bits per heavy atom. The normalized spacial score (nSPS) is 11.8. The number of esters is 1. The second kappa shape index (κ2) is 6.15. The minimum Gasteiger partial charge on any atom is -0.481 e. The first-order valence-corrected chi connectivity index (χ1v) is 6.56. The van der Waals surface area contributed by atoms with Gasteiger partial charge in [-0.15, -0.1) is 11.3 Å². The van der Waals surface area contributed by atoms with Crippen LogP contribution >= 0.6 is 11.3 Å². The van der Waals surface area contributed by atoms with E-state index in [1.807, 2.05) is 6.07 Å².